The number of aromatic nitrogens is 1. The van der Waals surface area contributed by atoms with E-state index in [0.29, 0.717) is 5.56 Å². The Hall–Kier alpha value is -4.23. The average Bonchev–Trinajstić information content (AvgIpc) is 3.17. The Balaban J connectivity index is 1.71. The largest absolute Gasteiger partial charge is 0.378 e. The second-order valence-corrected chi connectivity index (χ2v) is 9.23. The number of rotatable bonds is 4. The van der Waals surface area contributed by atoms with Crippen LogP contribution in [0.4, 0.5) is 11.4 Å². The molecule has 0 aliphatic rings. The molecule has 0 amide bonds. The summed E-state index contributed by atoms with van der Waals surface area (Å²) in [5, 5.41) is 12.1. The predicted molar refractivity (Wildman–Crippen MR) is 144 cm³/mol. The number of anilines is 2. The first-order chi connectivity index (χ1) is 16.4. The van der Waals surface area contributed by atoms with Crippen molar-refractivity contribution in [2.45, 2.75) is 6.92 Å². The van der Waals surface area contributed by atoms with Gasteiger partial charge < -0.3 is 14.4 Å². The number of nitrogens with zero attached hydrogens (tertiary/aromatic N) is 4. The lowest BCUT2D eigenvalue weighted by Crippen LogP contribution is -2.08. The van der Waals surface area contributed by atoms with E-state index < -0.39 is 0 Å². The second-order valence-electron chi connectivity index (χ2n) is 9.23. The molecule has 0 aliphatic carbocycles. The number of hydrogen-bond acceptors (Lipinski definition) is 3. The minimum Gasteiger partial charge on any atom is -0.378 e. The van der Waals surface area contributed by atoms with Crippen LogP contribution in [0.3, 0.4) is 0 Å². The van der Waals surface area contributed by atoms with Gasteiger partial charge >= 0.3 is 0 Å². The van der Waals surface area contributed by atoms with Crippen LogP contribution in [-0.4, -0.2) is 32.8 Å². The van der Waals surface area contributed by atoms with E-state index in [2.05, 4.69) is 115 Å². The fraction of sp³-hybridized carbons (Fsp3) is 0.167. The molecule has 4 heteroatoms. The van der Waals surface area contributed by atoms with Crippen LogP contribution >= 0.6 is 0 Å². The van der Waals surface area contributed by atoms with Gasteiger partial charge in [0, 0.05) is 56.0 Å². The highest BCUT2D eigenvalue weighted by atomic mass is 15.1. The fourth-order valence-corrected chi connectivity index (χ4v) is 4.63. The Morgan fingerprint density at radius 1 is 0.676 bits per heavy atom. The number of aryl methyl sites for hydroxylation is 1. The molecule has 0 fully saturated rings. The molecule has 0 unspecified atom stereocenters. The molecule has 1 aromatic heterocycles. The van der Waals surface area contributed by atoms with Crippen LogP contribution in [0.25, 0.3) is 38.6 Å². The number of nitriles is 1. The Morgan fingerprint density at radius 3 is 1.74 bits per heavy atom. The highest BCUT2D eigenvalue weighted by molar-refractivity contribution is 6.11. The van der Waals surface area contributed by atoms with E-state index in [4.69, 9.17) is 0 Å². The van der Waals surface area contributed by atoms with Gasteiger partial charge in [-0.3, -0.25) is 0 Å². The molecule has 0 radical (unpaired) electrons. The summed E-state index contributed by atoms with van der Waals surface area (Å²) >= 11 is 0. The summed E-state index contributed by atoms with van der Waals surface area (Å²) in [5.41, 5.74) is 9.63. The van der Waals surface area contributed by atoms with E-state index >= 15 is 0 Å². The van der Waals surface area contributed by atoms with E-state index in [1.165, 1.54) is 33.2 Å². The lowest BCUT2D eigenvalue weighted by molar-refractivity contribution is 1.13. The van der Waals surface area contributed by atoms with Gasteiger partial charge in [0.25, 0.3) is 0 Å². The zero-order valence-corrected chi connectivity index (χ0v) is 20.3. The van der Waals surface area contributed by atoms with Gasteiger partial charge in [-0.25, -0.2) is 0 Å². The first kappa shape index (κ1) is 21.6. The second kappa shape index (κ2) is 8.28. The summed E-state index contributed by atoms with van der Waals surface area (Å²) in [7, 11) is 8.30. The van der Waals surface area contributed by atoms with Gasteiger partial charge in [0.2, 0.25) is 0 Å². The summed E-state index contributed by atoms with van der Waals surface area (Å²) in [5.74, 6) is 0. The van der Waals surface area contributed by atoms with E-state index in [0.717, 1.165) is 22.4 Å². The van der Waals surface area contributed by atoms with Crippen LogP contribution in [0.2, 0.25) is 0 Å². The Labute approximate surface area is 200 Å². The molecule has 5 rings (SSSR count). The number of hydrogen-bond donors (Lipinski definition) is 0. The van der Waals surface area contributed by atoms with Crippen LogP contribution in [-0.2, 0) is 0 Å². The molecule has 4 aromatic carbocycles. The van der Waals surface area contributed by atoms with E-state index in [1.807, 2.05) is 19.1 Å². The molecular weight excluding hydrogens is 416 g/mol. The van der Waals surface area contributed by atoms with Gasteiger partial charge in [0.15, 0.2) is 0 Å². The normalized spacial score (nSPS) is 11.1. The van der Waals surface area contributed by atoms with Gasteiger partial charge in [-0.1, -0.05) is 24.3 Å². The maximum Gasteiger partial charge on any atom is 0.0998 e. The van der Waals surface area contributed by atoms with Crippen molar-refractivity contribution in [3.63, 3.8) is 0 Å². The monoisotopic (exact) mass is 444 g/mol. The van der Waals surface area contributed by atoms with Gasteiger partial charge in [-0.05, 0) is 78.2 Å². The molecule has 0 saturated carbocycles. The lowest BCUT2D eigenvalue weighted by Gasteiger charge is -2.13. The van der Waals surface area contributed by atoms with Gasteiger partial charge in [0.1, 0.15) is 0 Å². The summed E-state index contributed by atoms with van der Waals surface area (Å²) in [6, 6.07) is 30.2. The number of fused-ring (bicyclic) bond motifs is 3. The summed E-state index contributed by atoms with van der Waals surface area (Å²) in [6.07, 6.45) is 0. The fourth-order valence-electron chi connectivity index (χ4n) is 4.63. The van der Waals surface area contributed by atoms with Crippen molar-refractivity contribution in [1.29, 1.82) is 5.26 Å². The van der Waals surface area contributed by atoms with E-state index in [9.17, 15) is 5.26 Å². The highest BCUT2D eigenvalue weighted by Crippen LogP contribution is 2.36. The van der Waals surface area contributed by atoms with Crippen LogP contribution in [0.15, 0.2) is 78.9 Å². The molecule has 5 aromatic rings. The lowest BCUT2D eigenvalue weighted by atomic mass is 9.98. The molecule has 0 aliphatic heterocycles. The Kier molecular flexibility index (Phi) is 5.26. The highest BCUT2D eigenvalue weighted by Gasteiger charge is 2.15. The van der Waals surface area contributed by atoms with Crippen molar-refractivity contribution >= 4 is 33.2 Å². The first-order valence-electron chi connectivity index (χ1n) is 11.4. The molecule has 0 bridgehead atoms. The summed E-state index contributed by atoms with van der Waals surface area (Å²) in [6.45, 7) is 2.01. The number of benzene rings is 4. The Morgan fingerprint density at radius 2 is 1.24 bits per heavy atom. The van der Waals surface area contributed by atoms with Crippen molar-refractivity contribution in [2.75, 3.05) is 38.0 Å². The van der Waals surface area contributed by atoms with Crippen LogP contribution in [0, 0.1) is 18.3 Å². The molecule has 4 nitrogen and oxygen atoms in total. The zero-order chi connectivity index (χ0) is 24.0. The van der Waals surface area contributed by atoms with Crippen molar-refractivity contribution in [1.82, 2.24) is 4.57 Å². The van der Waals surface area contributed by atoms with Gasteiger partial charge in [-0.2, -0.15) is 5.26 Å². The van der Waals surface area contributed by atoms with Crippen LogP contribution < -0.4 is 9.80 Å². The quantitative estimate of drug-likeness (QED) is 0.307. The zero-order valence-electron chi connectivity index (χ0n) is 20.3. The SMILES string of the molecule is Cc1ccc(-c2ccc(-n3c4ccc(N(C)C)cc4c4cc(N(C)C)ccc43)cc2)c(C#N)c1. The third-order valence-corrected chi connectivity index (χ3v) is 6.50. The van der Waals surface area contributed by atoms with Gasteiger partial charge in [-0.15, -0.1) is 0 Å². The van der Waals surface area contributed by atoms with Crippen molar-refractivity contribution in [3.05, 3.63) is 90.0 Å². The minimum absolute atomic E-state index is 0.706. The molecule has 0 N–H and O–H groups in total. The standard InChI is InChI=1S/C30H28N4/c1-20-6-13-26(22(16-20)19-31)21-7-9-23(10-8-21)34-29-14-11-24(32(2)3)17-27(29)28-18-25(33(4)5)12-15-30(28)34/h6-18H,1-5H3. The predicted octanol–water partition coefficient (Wildman–Crippen LogP) is 6.76. The summed E-state index contributed by atoms with van der Waals surface area (Å²) in [4.78, 5) is 4.28. The molecular formula is C30H28N4. The van der Waals surface area contributed by atoms with Crippen molar-refractivity contribution < 1.29 is 0 Å². The Bertz CT molecular complexity index is 1500. The molecule has 1 heterocycles. The molecule has 34 heavy (non-hydrogen) atoms. The molecule has 0 saturated heterocycles. The average molecular weight is 445 g/mol. The molecule has 168 valence electrons. The topological polar surface area (TPSA) is 35.2 Å². The van der Waals surface area contributed by atoms with Crippen LogP contribution in [0.1, 0.15) is 11.1 Å². The maximum atomic E-state index is 9.61. The smallest absolute Gasteiger partial charge is 0.0998 e. The summed E-state index contributed by atoms with van der Waals surface area (Å²) < 4.78 is 2.33. The van der Waals surface area contributed by atoms with E-state index in [-0.39, 0.29) is 0 Å². The van der Waals surface area contributed by atoms with Crippen molar-refractivity contribution in [3.8, 4) is 22.9 Å². The van der Waals surface area contributed by atoms with Crippen molar-refractivity contribution in [2.24, 2.45) is 0 Å². The van der Waals surface area contributed by atoms with E-state index in [1.54, 1.807) is 0 Å². The van der Waals surface area contributed by atoms with Gasteiger partial charge in [0.05, 0.1) is 22.7 Å². The minimum atomic E-state index is 0.706. The molecule has 0 atom stereocenters. The third kappa shape index (κ3) is 3.56. The molecule has 0 spiro atoms. The van der Waals surface area contributed by atoms with Crippen LogP contribution in [0.5, 0.6) is 0 Å². The maximum absolute atomic E-state index is 9.61. The first-order valence-corrected chi connectivity index (χ1v) is 11.4. The third-order valence-electron chi connectivity index (χ3n) is 6.50.